The van der Waals surface area contributed by atoms with E-state index < -0.39 is 177 Å². The van der Waals surface area contributed by atoms with E-state index in [0.717, 1.165) is 6.92 Å². The number of hydrogen-bond donors (Lipinski definition) is 0. The van der Waals surface area contributed by atoms with Crippen molar-refractivity contribution in [1.82, 2.24) is 0 Å². The average molecular weight is 936 g/mol. The lowest BCUT2D eigenvalue weighted by atomic mass is 9.84. The zero-order valence-corrected chi connectivity index (χ0v) is 31.1. The van der Waals surface area contributed by atoms with Crippen molar-refractivity contribution in [1.29, 1.82) is 0 Å². The summed E-state index contributed by atoms with van der Waals surface area (Å²) in [7, 11) is 0. The molecule has 302 valence electrons. The monoisotopic (exact) mass is 934 g/mol. The summed E-state index contributed by atoms with van der Waals surface area (Å²) in [5, 5.41) is 0. The lowest BCUT2D eigenvalue weighted by Crippen LogP contribution is -2.23. The number of ether oxygens (including phenoxy) is 4. The maximum Gasteiger partial charge on any atom is 0.319 e. The van der Waals surface area contributed by atoms with Crippen LogP contribution in [0.3, 0.4) is 0 Å². The van der Waals surface area contributed by atoms with Gasteiger partial charge in [-0.25, -0.2) is 39.5 Å². The third-order valence-corrected chi connectivity index (χ3v) is 8.89. The fraction of sp³-hybridized carbons (Fsp3) is 0.353. The van der Waals surface area contributed by atoms with Crippen molar-refractivity contribution >= 4 is 49.9 Å². The van der Waals surface area contributed by atoms with Crippen LogP contribution in [-0.2, 0) is 19.1 Å². The Balaban J connectivity index is 1.87. The van der Waals surface area contributed by atoms with Crippen molar-refractivity contribution in [2.45, 2.75) is 42.3 Å². The molecule has 0 heterocycles. The van der Waals surface area contributed by atoms with Crippen molar-refractivity contribution in [2.24, 2.45) is 5.92 Å². The van der Waals surface area contributed by atoms with Crippen LogP contribution < -0.4 is 9.47 Å². The van der Waals surface area contributed by atoms with Crippen LogP contribution in [0.25, 0.3) is 6.08 Å². The van der Waals surface area contributed by atoms with Crippen molar-refractivity contribution in [3.8, 4) is 11.5 Å². The van der Waals surface area contributed by atoms with E-state index in [0.29, 0.717) is 6.08 Å². The molecule has 0 bridgehead atoms. The summed E-state index contributed by atoms with van der Waals surface area (Å²) < 4.78 is 208. The van der Waals surface area contributed by atoms with E-state index in [4.69, 9.17) is 14.2 Å². The molecule has 4 unspecified atom stereocenters. The van der Waals surface area contributed by atoms with E-state index in [1.807, 2.05) is 0 Å². The van der Waals surface area contributed by atoms with Gasteiger partial charge in [0.25, 0.3) is 0 Å². The van der Waals surface area contributed by atoms with Gasteiger partial charge < -0.3 is 18.9 Å². The highest BCUT2D eigenvalue weighted by Crippen LogP contribution is 2.44. The fourth-order valence-electron chi connectivity index (χ4n) is 5.00. The van der Waals surface area contributed by atoms with Crippen LogP contribution in [0.1, 0.15) is 54.1 Å². The molecule has 0 radical (unpaired) electrons. The summed E-state index contributed by atoms with van der Waals surface area (Å²) in [6.45, 7) is 2.15. The molecule has 6 nitrogen and oxygen atoms in total. The maximum absolute atomic E-state index is 15.2. The van der Waals surface area contributed by atoms with E-state index >= 15 is 17.6 Å². The smallest absolute Gasteiger partial charge is 0.319 e. The Morgan fingerprint density at radius 1 is 0.545 bits per heavy atom. The summed E-state index contributed by atoms with van der Waals surface area (Å²) >= 11 is 5.63. The molecule has 0 saturated heterocycles. The first-order valence-electron chi connectivity index (χ1n) is 15.4. The summed E-state index contributed by atoms with van der Waals surface area (Å²) in [4.78, 5) is 21.4. The highest BCUT2D eigenvalue weighted by atomic mass is 79.9. The van der Waals surface area contributed by atoms with Gasteiger partial charge in [-0.2, -0.15) is 17.6 Å². The van der Waals surface area contributed by atoms with Crippen molar-refractivity contribution in [3.05, 3.63) is 98.9 Å². The van der Waals surface area contributed by atoms with Crippen LogP contribution in [0.4, 0.5) is 57.1 Å². The third-order valence-electron chi connectivity index (χ3n) is 7.69. The molecule has 0 spiro atoms. The Kier molecular flexibility index (Phi) is 15.9. The van der Waals surface area contributed by atoms with Crippen LogP contribution in [0.15, 0.2) is 6.58 Å². The number of alkyl halides is 2. The number of rotatable bonds is 17. The SMILES string of the molecule is C=Cc1c(F)c(F)c(OCCOC(=O)C(C)CC(CC(Br)c2c(F)c(F)c(OCCOC(=O)C(C)Br)c(F)c2F)c2c(F)c(F)c(F)c(F)c2F)c(F)c1F. The molecule has 0 aliphatic heterocycles. The van der Waals surface area contributed by atoms with Gasteiger partial charge in [-0.15, -0.1) is 0 Å². The minimum Gasteiger partial charge on any atom is -0.484 e. The standard InChI is InChI=1S/C34H25Br2F13O6/c1-4-14-18(37)27(46)31(28(47)19(14)38)52-5-7-54-33(50)11(2)9-13(16-20(39)24(43)26(45)25(44)21(16)40)10-15(36)17-22(41)29(48)32(30(49)23(17)42)53-6-8-55-34(51)12(3)35/h4,11-13,15H,1,5-10H2,2-3H3. The Bertz CT molecular complexity index is 1880. The van der Waals surface area contributed by atoms with Gasteiger partial charge in [0, 0.05) is 16.0 Å². The summed E-state index contributed by atoms with van der Waals surface area (Å²) in [5.74, 6) is -37.3. The first kappa shape index (κ1) is 45.4. The fourth-order valence-corrected chi connectivity index (χ4v) is 5.98. The van der Waals surface area contributed by atoms with Gasteiger partial charge in [0.15, 0.2) is 58.0 Å². The summed E-state index contributed by atoms with van der Waals surface area (Å²) in [6, 6.07) is 0. The molecule has 55 heavy (non-hydrogen) atoms. The number of benzene rings is 3. The van der Waals surface area contributed by atoms with E-state index in [2.05, 4.69) is 43.2 Å². The average Bonchev–Trinajstić information content (AvgIpc) is 3.14. The second-order valence-electron chi connectivity index (χ2n) is 11.4. The lowest BCUT2D eigenvalue weighted by Gasteiger charge is -2.25. The number of carbonyl (C=O) groups excluding carboxylic acids is 2. The summed E-state index contributed by atoms with van der Waals surface area (Å²) in [5.41, 5.74) is -4.19. The Morgan fingerprint density at radius 3 is 1.35 bits per heavy atom. The van der Waals surface area contributed by atoms with Crippen LogP contribution >= 0.6 is 31.9 Å². The maximum atomic E-state index is 15.2. The largest absolute Gasteiger partial charge is 0.484 e. The van der Waals surface area contributed by atoms with Gasteiger partial charge >= 0.3 is 11.9 Å². The first-order valence-corrected chi connectivity index (χ1v) is 17.2. The van der Waals surface area contributed by atoms with Crippen LogP contribution in [0.2, 0.25) is 0 Å². The zero-order valence-electron chi connectivity index (χ0n) is 28.0. The molecule has 3 aromatic carbocycles. The molecule has 0 saturated carbocycles. The second-order valence-corrected chi connectivity index (χ2v) is 13.8. The van der Waals surface area contributed by atoms with Crippen LogP contribution in [0.5, 0.6) is 11.5 Å². The van der Waals surface area contributed by atoms with E-state index in [1.54, 1.807) is 0 Å². The van der Waals surface area contributed by atoms with Gasteiger partial charge in [0.2, 0.25) is 29.1 Å². The molecule has 3 aromatic rings. The molecule has 21 heteroatoms. The summed E-state index contributed by atoms with van der Waals surface area (Å²) in [6.07, 6.45) is -1.55. The van der Waals surface area contributed by atoms with Gasteiger partial charge in [-0.1, -0.05) is 51.4 Å². The topological polar surface area (TPSA) is 71.1 Å². The highest BCUT2D eigenvalue weighted by Gasteiger charge is 2.37. The van der Waals surface area contributed by atoms with E-state index in [9.17, 15) is 49.1 Å². The molecule has 0 aromatic heterocycles. The molecular weight excluding hydrogens is 911 g/mol. The number of hydrogen-bond acceptors (Lipinski definition) is 6. The minimum atomic E-state index is -2.58. The van der Waals surface area contributed by atoms with Crippen molar-refractivity contribution in [3.63, 3.8) is 0 Å². The minimum absolute atomic E-state index is 0.494. The molecule has 3 rings (SSSR count). The van der Waals surface area contributed by atoms with Crippen LogP contribution in [-0.4, -0.2) is 43.2 Å². The van der Waals surface area contributed by atoms with E-state index in [-0.39, 0.29) is 0 Å². The van der Waals surface area contributed by atoms with Gasteiger partial charge in [-0.05, 0) is 25.7 Å². The number of carbonyl (C=O) groups is 2. The number of esters is 2. The normalized spacial score (nSPS) is 13.5. The molecule has 0 fully saturated rings. The molecule has 0 aliphatic rings. The Morgan fingerprint density at radius 2 is 0.927 bits per heavy atom. The predicted molar refractivity (Wildman–Crippen MR) is 173 cm³/mol. The molecular formula is C34H25Br2F13O6. The second kappa shape index (κ2) is 19.2. The first-order chi connectivity index (χ1) is 25.7. The Hall–Kier alpha value is -4.01. The van der Waals surface area contributed by atoms with Gasteiger partial charge in [0.05, 0.1) is 11.5 Å². The lowest BCUT2D eigenvalue weighted by molar-refractivity contribution is -0.149. The van der Waals surface area contributed by atoms with E-state index in [1.165, 1.54) is 6.92 Å². The van der Waals surface area contributed by atoms with Crippen LogP contribution in [0, 0.1) is 81.5 Å². The molecule has 0 amide bonds. The highest BCUT2D eigenvalue weighted by molar-refractivity contribution is 9.10. The molecule has 0 aliphatic carbocycles. The van der Waals surface area contributed by atoms with Gasteiger partial charge in [0.1, 0.15) is 31.3 Å². The zero-order chi connectivity index (χ0) is 41.6. The third kappa shape index (κ3) is 9.87. The molecule has 4 atom stereocenters. The van der Waals surface area contributed by atoms with Crippen molar-refractivity contribution < 1.29 is 85.6 Å². The number of halogens is 15. The van der Waals surface area contributed by atoms with Crippen molar-refractivity contribution in [2.75, 3.05) is 26.4 Å². The Labute approximate surface area is 319 Å². The van der Waals surface area contributed by atoms with Gasteiger partial charge in [-0.3, -0.25) is 9.59 Å². The molecule has 0 N–H and O–H groups in total. The predicted octanol–water partition coefficient (Wildman–Crippen LogP) is 10.1. The quantitative estimate of drug-likeness (QED) is 0.0336.